The first-order chi connectivity index (χ1) is 14.0. The van der Waals surface area contributed by atoms with Crippen molar-refractivity contribution < 1.29 is 18.7 Å². The largest absolute Gasteiger partial charge is 0.442 e. The van der Waals surface area contributed by atoms with E-state index in [-0.39, 0.29) is 19.0 Å². The third kappa shape index (κ3) is 3.91. The fraction of sp³-hybridized carbons (Fsp3) is 0.211. The molecule has 3 aromatic rings. The molecule has 9 nitrogen and oxygen atoms in total. The number of ether oxygens (including phenoxy) is 1. The summed E-state index contributed by atoms with van der Waals surface area (Å²) in [7, 11) is 0. The molecular formula is C19H17FN6O3. The lowest BCUT2D eigenvalue weighted by Crippen LogP contribution is -2.33. The van der Waals surface area contributed by atoms with Gasteiger partial charge in [0.1, 0.15) is 11.9 Å². The number of cyclic esters (lactones) is 1. The smallest absolute Gasteiger partial charge is 0.414 e. The molecule has 1 fully saturated rings. The minimum atomic E-state index is -0.584. The summed E-state index contributed by atoms with van der Waals surface area (Å²) in [5.41, 5.74) is 1.18. The molecule has 1 saturated heterocycles. The summed E-state index contributed by atoms with van der Waals surface area (Å²) in [6, 6.07) is 6.20. The number of anilines is 1. The monoisotopic (exact) mass is 396 g/mol. The number of nitrogens with one attached hydrogen (secondary N) is 1. The molecule has 4 rings (SSSR count). The number of benzene rings is 1. The number of halogens is 1. The van der Waals surface area contributed by atoms with E-state index in [1.165, 1.54) is 35.0 Å². The molecule has 2 amide bonds. The Morgan fingerprint density at radius 1 is 1.34 bits per heavy atom. The Hall–Kier alpha value is -3.82. The van der Waals surface area contributed by atoms with Gasteiger partial charge in [-0.3, -0.25) is 9.69 Å². The number of hydrogen-bond donors (Lipinski definition) is 1. The van der Waals surface area contributed by atoms with Crippen LogP contribution in [-0.4, -0.2) is 50.9 Å². The molecule has 0 aliphatic carbocycles. The van der Waals surface area contributed by atoms with Gasteiger partial charge in [-0.05, 0) is 24.3 Å². The van der Waals surface area contributed by atoms with Gasteiger partial charge in [0.05, 0.1) is 18.8 Å². The minimum Gasteiger partial charge on any atom is -0.442 e. The van der Waals surface area contributed by atoms with Crippen LogP contribution in [0.25, 0.3) is 17.1 Å². The van der Waals surface area contributed by atoms with Gasteiger partial charge in [0, 0.05) is 42.8 Å². The van der Waals surface area contributed by atoms with Gasteiger partial charge in [-0.25, -0.2) is 23.8 Å². The van der Waals surface area contributed by atoms with Crippen LogP contribution < -0.4 is 10.2 Å². The zero-order chi connectivity index (χ0) is 20.4. The molecule has 2 aromatic heterocycles. The Labute approximate surface area is 165 Å². The van der Waals surface area contributed by atoms with Crippen molar-refractivity contribution in [3.05, 3.63) is 54.9 Å². The van der Waals surface area contributed by atoms with Gasteiger partial charge in [-0.15, -0.1) is 0 Å². The van der Waals surface area contributed by atoms with E-state index in [9.17, 15) is 14.0 Å². The van der Waals surface area contributed by atoms with E-state index in [1.807, 2.05) is 0 Å². The molecule has 0 bridgehead atoms. The second-order valence-corrected chi connectivity index (χ2v) is 6.44. The first kappa shape index (κ1) is 18.5. The van der Waals surface area contributed by atoms with E-state index in [2.05, 4.69) is 20.4 Å². The second kappa shape index (κ2) is 7.66. The van der Waals surface area contributed by atoms with Crippen molar-refractivity contribution in [2.24, 2.45) is 0 Å². The molecular weight excluding hydrogens is 379 g/mol. The average molecular weight is 396 g/mol. The van der Waals surface area contributed by atoms with E-state index in [0.717, 1.165) is 0 Å². The molecule has 10 heteroatoms. The van der Waals surface area contributed by atoms with Crippen LogP contribution in [0.15, 0.2) is 49.1 Å². The van der Waals surface area contributed by atoms with Gasteiger partial charge in [0.2, 0.25) is 11.9 Å². The molecule has 0 spiro atoms. The Morgan fingerprint density at radius 2 is 2.14 bits per heavy atom. The Morgan fingerprint density at radius 3 is 2.79 bits per heavy atom. The van der Waals surface area contributed by atoms with Crippen LogP contribution in [0.2, 0.25) is 0 Å². The summed E-state index contributed by atoms with van der Waals surface area (Å²) in [5, 5.41) is 6.64. The summed E-state index contributed by atoms with van der Waals surface area (Å²) >= 11 is 0. The van der Waals surface area contributed by atoms with Crippen molar-refractivity contribution in [3.8, 4) is 17.1 Å². The van der Waals surface area contributed by atoms with Crippen LogP contribution >= 0.6 is 0 Å². The van der Waals surface area contributed by atoms with Crippen molar-refractivity contribution in [2.75, 3.05) is 18.0 Å². The molecule has 1 atom stereocenters. The maximum absolute atomic E-state index is 14.7. The zero-order valence-corrected chi connectivity index (χ0v) is 15.4. The SMILES string of the molecule is CC(=O)NC[C@H]1CN(c2ccc(-c3cnc(-n4cccn4)nc3)c(F)c2)C(=O)O1. The van der Waals surface area contributed by atoms with E-state index in [1.54, 1.807) is 30.6 Å². The normalized spacial score (nSPS) is 16.0. The van der Waals surface area contributed by atoms with Crippen molar-refractivity contribution >= 4 is 17.7 Å². The summed E-state index contributed by atoms with van der Waals surface area (Å²) < 4.78 is 21.4. The molecule has 3 heterocycles. The average Bonchev–Trinajstić information content (AvgIpc) is 3.36. The van der Waals surface area contributed by atoms with E-state index < -0.39 is 18.0 Å². The highest BCUT2D eigenvalue weighted by Crippen LogP contribution is 2.28. The van der Waals surface area contributed by atoms with Crippen molar-refractivity contribution in [2.45, 2.75) is 13.0 Å². The van der Waals surface area contributed by atoms with Crippen molar-refractivity contribution in [1.82, 2.24) is 25.1 Å². The highest BCUT2D eigenvalue weighted by molar-refractivity contribution is 5.90. The lowest BCUT2D eigenvalue weighted by atomic mass is 10.1. The number of amides is 2. The molecule has 1 aromatic carbocycles. The van der Waals surface area contributed by atoms with Gasteiger partial charge < -0.3 is 10.1 Å². The number of carbonyl (C=O) groups is 2. The predicted octanol–water partition coefficient (Wildman–Crippen LogP) is 1.93. The highest BCUT2D eigenvalue weighted by atomic mass is 19.1. The van der Waals surface area contributed by atoms with Crippen molar-refractivity contribution in [3.63, 3.8) is 0 Å². The number of rotatable bonds is 5. The fourth-order valence-corrected chi connectivity index (χ4v) is 2.97. The lowest BCUT2D eigenvalue weighted by molar-refractivity contribution is -0.119. The van der Waals surface area contributed by atoms with E-state index in [0.29, 0.717) is 22.8 Å². The van der Waals surface area contributed by atoms with Gasteiger partial charge in [0.15, 0.2) is 0 Å². The first-order valence-corrected chi connectivity index (χ1v) is 8.86. The minimum absolute atomic E-state index is 0.206. The molecule has 1 N–H and O–H groups in total. The van der Waals surface area contributed by atoms with Crippen LogP contribution in [0.5, 0.6) is 0 Å². The van der Waals surface area contributed by atoms with Crippen LogP contribution in [0, 0.1) is 5.82 Å². The zero-order valence-electron chi connectivity index (χ0n) is 15.4. The topological polar surface area (TPSA) is 102 Å². The maximum Gasteiger partial charge on any atom is 0.414 e. The number of carbonyl (C=O) groups excluding carboxylic acids is 2. The number of nitrogens with zero attached hydrogens (tertiary/aromatic N) is 5. The molecule has 0 radical (unpaired) electrons. The van der Waals surface area contributed by atoms with Crippen LogP contribution in [0.4, 0.5) is 14.9 Å². The van der Waals surface area contributed by atoms with Crippen LogP contribution in [0.3, 0.4) is 0 Å². The highest BCUT2D eigenvalue weighted by Gasteiger charge is 2.32. The number of aromatic nitrogens is 4. The summed E-state index contributed by atoms with van der Waals surface area (Å²) in [6.45, 7) is 1.81. The first-order valence-electron chi connectivity index (χ1n) is 8.86. The fourth-order valence-electron chi connectivity index (χ4n) is 2.97. The molecule has 1 aliphatic heterocycles. The Balaban J connectivity index is 1.51. The predicted molar refractivity (Wildman–Crippen MR) is 101 cm³/mol. The van der Waals surface area contributed by atoms with Gasteiger partial charge >= 0.3 is 6.09 Å². The van der Waals surface area contributed by atoms with Crippen LogP contribution in [-0.2, 0) is 9.53 Å². The number of hydrogen-bond acceptors (Lipinski definition) is 6. The Kier molecular flexibility index (Phi) is 4.90. The molecule has 148 valence electrons. The molecule has 1 aliphatic rings. The lowest BCUT2D eigenvalue weighted by Gasteiger charge is -2.14. The third-order valence-electron chi connectivity index (χ3n) is 4.38. The van der Waals surface area contributed by atoms with Crippen LogP contribution in [0.1, 0.15) is 6.92 Å². The quantitative estimate of drug-likeness (QED) is 0.707. The van der Waals surface area contributed by atoms with Gasteiger partial charge in [-0.1, -0.05) is 0 Å². The van der Waals surface area contributed by atoms with E-state index in [4.69, 9.17) is 4.74 Å². The second-order valence-electron chi connectivity index (χ2n) is 6.44. The van der Waals surface area contributed by atoms with Crippen molar-refractivity contribution in [1.29, 1.82) is 0 Å². The summed E-state index contributed by atoms with van der Waals surface area (Å²) in [4.78, 5) is 32.8. The van der Waals surface area contributed by atoms with Gasteiger partial charge in [-0.2, -0.15) is 5.10 Å². The summed E-state index contributed by atoms with van der Waals surface area (Å²) in [5.74, 6) is -0.354. The summed E-state index contributed by atoms with van der Waals surface area (Å²) in [6.07, 6.45) is 5.26. The maximum atomic E-state index is 14.7. The molecule has 0 saturated carbocycles. The Bertz CT molecular complexity index is 1040. The van der Waals surface area contributed by atoms with E-state index >= 15 is 0 Å². The molecule has 29 heavy (non-hydrogen) atoms. The third-order valence-corrected chi connectivity index (χ3v) is 4.38. The van der Waals surface area contributed by atoms with Gasteiger partial charge in [0.25, 0.3) is 0 Å². The molecule has 0 unspecified atom stereocenters. The standard InChI is InChI=1S/C19H17FN6O3/c1-12(27)21-10-15-11-25(19(28)29-15)14-3-4-16(17(20)7-14)13-8-22-18(23-9-13)26-6-2-5-24-26/h2-9,15H,10-11H2,1H3,(H,21,27)/t15-/m0/s1.